The molecule has 4 nitrogen and oxygen atoms in total. The topological polar surface area (TPSA) is 26.8 Å². The zero-order chi connectivity index (χ0) is 31.6. The summed E-state index contributed by atoms with van der Waals surface area (Å²) in [4.78, 5) is 19.6. The summed E-state index contributed by atoms with van der Waals surface area (Å²) in [7, 11) is 0. The molecule has 4 heteroatoms. The van der Waals surface area contributed by atoms with Gasteiger partial charge in [-0.2, -0.15) is 0 Å². The van der Waals surface area contributed by atoms with Gasteiger partial charge in [-0.3, -0.25) is 4.79 Å². The second-order valence-corrected chi connectivity index (χ2v) is 12.6. The van der Waals surface area contributed by atoms with E-state index in [9.17, 15) is 4.79 Å². The van der Waals surface area contributed by atoms with Crippen LogP contribution in [-0.4, -0.2) is 50.5 Å². The van der Waals surface area contributed by atoms with Gasteiger partial charge < -0.3 is 14.7 Å². The molecule has 2 unspecified atom stereocenters. The Labute approximate surface area is 266 Å². The minimum atomic E-state index is 0.485. The molecule has 2 aromatic carbocycles. The maximum Gasteiger partial charge on any atom is 0.150 e. The van der Waals surface area contributed by atoms with Crippen LogP contribution in [0, 0.1) is 12.8 Å². The van der Waals surface area contributed by atoms with Crippen molar-refractivity contribution in [2.45, 2.75) is 126 Å². The SMILES string of the molecule is CC.CCCC.CCCC1CCCN(CCCN2CCN(c3cc(C=O)ccc3C(C)CCC)Cc3ccc(C)cc32)C1. The number of likely N-dealkylation sites (tertiary alicyclic amines) is 1. The van der Waals surface area contributed by atoms with E-state index in [1.165, 1.54) is 105 Å². The lowest BCUT2D eigenvalue weighted by molar-refractivity contribution is 0.112. The molecule has 4 rings (SSSR count). The van der Waals surface area contributed by atoms with Crippen molar-refractivity contribution in [3.05, 3.63) is 58.7 Å². The lowest BCUT2D eigenvalue weighted by Crippen LogP contribution is -2.38. The molecule has 2 aliphatic heterocycles. The molecule has 0 bridgehead atoms. The minimum Gasteiger partial charge on any atom is -0.369 e. The van der Waals surface area contributed by atoms with E-state index >= 15 is 0 Å². The fourth-order valence-corrected chi connectivity index (χ4v) is 6.58. The van der Waals surface area contributed by atoms with Gasteiger partial charge in [0, 0.05) is 49.7 Å². The molecule has 2 atom stereocenters. The van der Waals surface area contributed by atoms with Crippen molar-refractivity contribution in [1.82, 2.24) is 4.90 Å². The standard InChI is InChI=1S/C33H49N3O.C4H10.C2H6/c1-5-9-27(4)31-15-13-29(25-37)22-33(31)36-20-19-35(32-21-26(3)12-14-30(32)24-36)18-8-17-34-16-7-11-28(23-34)10-6-2;1-3-4-2;1-2/h12-15,21-22,25,27-28H,5-11,16-20,23-24H2,1-4H3;3-4H2,1-2H3;1-2H3. The first-order valence-corrected chi connectivity index (χ1v) is 17.8. The molecule has 0 N–H and O–H groups in total. The summed E-state index contributed by atoms with van der Waals surface area (Å²) < 4.78 is 0. The minimum absolute atomic E-state index is 0.485. The monoisotopic (exact) mass is 592 g/mol. The fraction of sp³-hybridized carbons (Fsp3) is 0.667. The van der Waals surface area contributed by atoms with Crippen molar-refractivity contribution in [3.8, 4) is 0 Å². The smallest absolute Gasteiger partial charge is 0.150 e. The van der Waals surface area contributed by atoms with E-state index in [0.717, 1.165) is 43.9 Å². The number of anilines is 2. The van der Waals surface area contributed by atoms with E-state index in [1.54, 1.807) is 0 Å². The molecular formula is C39H65N3O. The predicted molar refractivity (Wildman–Crippen MR) is 190 cm³/mol. The Bertz CT molecular complexity index is 1050. The van der Waals surface area contributed by atoms with E-state index in [0.29, 0.717) is 5.92 Å². The van der Waals surface area contributed by atoms with Crippen molar-refractivity contribution in [1.29, 1.82) is 0 Å². The molecule has 0 saturated carbocycles. The second kappa shape index (κ2) is 20.6. The molecule has 0 radical (unpaired) electrons. The molecule has 0 spiro atoms. The summed E-state index contributed by atoms with van der Waals surface area (Å²) in [5, 5.41) is 0. The lowest BCUT2D eigenvalue weighted by Gasteiger charge is -2.33. The highest BCUT2D eigenvalue weighted by Gasteiger charge is 2.24. The second-order valence-electron chi connectivity index (χ2n) is 12.6. The quantitative estimate of drug-likeness (QED) is 0.229. The first-order chi connectivity index (χ1) is 20.9. The van der Waals surface area contributed by atoms with Crippen LogP contribution < -0.4 is 9.80 Å². The van der Waals surface area contributed by atoms with E-state index in [-0.39, 0.29) is 0 Å². The van der Waals surface area contributed by atoms with Crippen LogP contribution in [-0.2, 0) is 6.54 Å². The number of hydrogen-bond donors (Lipinski definition) is 0. The number of benzene rings is 2. The average Bonchev–Trinajstić information content (AvgIpc) is 3.21. The van der Waals surface area contributed by atoms with Crippen molar-refractivity contribution >= 4 is 17.7 Å². The van der Waals surface area contributed by atoms with Crippen LogP contribution >= 0.6 is 0 Å². The van der Waals surface area contributed by atoms with Gasteiger partial charge in [-0.15, -0.1) is 0 Å². The molecule has 0 amide bonds. The van der Waals surface area contributed by atoms with Gasteiger partial charge in [0.1, 0.15) is 6.29 Å². The van der Waals surface area contributed by atoms with E-state index < -0.39 is 0 Å². The van der Waals surface area contributed by atoms with Crippen LogP contribution in [0.4, 0.5) is 11.4 Å². The summed E-state index contributed by atoms with van der Waals surface area (Å²) in [6, 6.07) is 13.3. The van der Waals surface area contributed by atoms with Crippen molar-refractivity contribution in [3.63, 3.8) is 0 Å². The Morgan fingerprint density at radius 3 is 2.33 bits per heavy atom. The summed E-state index contributed by atoms with van der Waals surface area (Å²) >= 11 is 0. The number of rotatable bonds is 12. The van der Waals surface area contributed by atoms with Gasteiger partial charge in [-0.05, 0) is 92.8 Å². The van der Waals surface area contributed by atoms with E-state index in [2.05, 4.69) is 86.6 Å². The average molecular weight is 592 g/mol. The number of carbonyl (C=O) groups is 1. The van der Waals surface area contributed by atoms with Crippen LogP contribution in [0.15, 0.2) is 36.4 Å². The first kappa shape index (κ1) is 36.9. The number of nitrogens with zero attached hydrogens (tertiary/aromatic N) is 3. The number of aryl methyl sites for hydroxylation is 1. The third-order valence-corrected chi connectivity index (χ3v) is 9.07. The Morgan fingerprint density at radius 1 is 0.884 bits per heavy atom. The number of piperidine rings is 1. The summed E-state index contributed by atoms with van der Waals surface area (Å²) in [6.45, 7) is 25.2. The van der Waals surface area contributed by atoms with Crippen molar-refractivity contribution < 1.29 is 4.79 Å². The molecule has 1 fully saturated rings. The Hall–Kier alpha value is -2.33. The lowest BCUT2D eigenvalue weighted by atomic mass is 9.93. The van der Waals surface area contributed by atoms with Gasteiger partial charge in [0.05, 0.1) is 0 Å². The van der Waals surface area contributed by atoms with Gasteiger partial charge >= 0.3 is 0 Å². The number of carbonyl (C=O) groups excluding carboxylic acids is 1. The van der Waals surface area contributed by atoms with Gasteiger partial charge in [0.25, 0.3) is 0 Å². The molecular weight excluding hydrogens is 526 g/mol. The van der Waals surface area contributed by atoms with Gasteiger partial charge in [-0.1, -0.05) is 98.4 Å². The molecule has 1 saturated heterocycles. The van der Waals surface area contributed by atoms with Gasteiger partial charge in [-0.25, -0.2) is 0 Å². The zero-order valence-corrected chi connectivity index (χ0v) is 29.3. The predicted octanol–water partition coefficient (Wildman–Crippen LogP) is 10.3. The van der Waals surface area contributed by atoms with Gasteiger partial charge in [0.15, 0.2) is 0 Å². The highest BCUT2D eigenvalue weighted by molar-refractivity contribution is 5.78. The number of unbranched alkanes of at least 4 members (excludes halogenated alkanes) is 1. The molecule has 2 heterocycles. The number of hydrogen-bond acceptors (Lipinski definition) is 4. The Balaban J connectivity index is 0.000000993. The summed E-state index contributed by atoms with van der Waals surface area (Å²) in [5.41, 5.74) is 7.52. The highest BCUT2D eigenvalue weighted by atomic mass is 16.1. The van der Waals surface area contributed by atoms with Crippen molar-refractivity contribution in [2.75, 3.05) is 49.1 Å². The molecule has 2 aliphatic rings. The normalized spacial score (nSPS) is 17.5. The maximum atomic E-state index is 11.7. The highest BCUT2D eigenvalue weighted by Crippen LogP contribution is 2.35. The van der Waals surface area contributed by atoms with E-state index in [1.807, 2.05) is 19.9 Å². The molecule has 242 valence electrons. The Kier molecular flexibility index (Phi) is 17.7. The molecule has 43 heavy (non-hydrogen) atoms. The first-order valence-electron chi connectivity index (χ1n) is 17.8. The maximum absolute atomic E-state index is 11.7. The molecule has 2 aromatic rings. The van der Waals surface area contributed by atoms with Crippen LogP contribution in [0.5, 0.6) is 0 Å². The molecule has 0 aromatic heterocycles. The summed E-state index contributed by atoms with van der Waals surface area (Å²) in [5.74, 6) is 1.39. The number of fused-ring (bicyclic) bond motifs is 1. The van der Waals surface area contributed by atoms with Crippen molar-refractivity contribution in [2.24, 2.45) is 5.92 Å². The zero-order valence-electron chi connectivity index (χ0n) is 29.3. The fourth-order valence-electron chi connectivity index (χ4n) is 6.58. The largest absolute Gasteiger partial charge is 0.369 e. The van der Waals surface area contributed by atoms with Gasteiger partial charge in [0.2, 0.25) is 0 Å². The number of aldehydes is 1. The van der Waals surface area contributed by atoms with Crippen LogP contribution in [0.3, 0.4) is 0 Å². The third-order valence-electron chi connectivity index (χ3n) is 9.07. The summed E-state index contributed by atoms with van der Waals surface area (Å²) in [6.07, 6.45) is 12.7. The van der Waals surface area contributed by atoms with Crippen LogP contribution in [0.25, 0.3) is 0 Å². The molecule has 0 aliphatic carbocycles. The van der Waals surface area contributed by atoms with Crippen LogP contribution in [0.1, 0.15) is 139 Å². The van der Waals surface area contributed by atoms with Crippen LogP contribution in [0.2, 0.25) is 0 Å². The third kappa shape index (κ3) is 11.6. The Morgan fingerprint density at radius 2 is 1.65 bits per heavy atom. The van der Waals surface area contributed by atoms with E-state index in [4.69, 9.17) is 0 Å².